The molecule has 0 radical (unpaired) electrons. The molecule has 10 nitrogen and oxygen atoms in total. The van der Waals surface area contributed by atoms with Crippen molar-refractivity contribution in [3.8, 4) is 0 Å². The van der Waals surface area contributed by atoms with Crippen molar-refractivity contribution in [2.45, 2.75) is 13.8 Å². The smallest absolute Gasteiger partial charge is 0.326 e. The quantitative estimate of drug-likeness (QED) is 0.332. The lowest BCUT2D eigenvalue weighted by atomic mass is 10.1. The van der Waals surface area contributed by atoms with Crippen LogP contribution in [0.5, 0.6) is 0 Å². The Morgan fingerprint density at radius 2 is 1.70 bits per heavy atom. The number of esters is 1. The molecule has 0 unspecified atom stereocenters. The van der Waals surface area contributed by atoms with E-state index in [1.165, 1.54) is 12.1 Å². The minimum absolute atomic E-state index is 0.158. The fourth-order valence-electron chi connectivity index (χ4n) is 3.12. The SMILES string of the molecule is Cc1cccc(C)c1NC(=O)COC(=O)CN1C(=O)c2cccc([N+](=O)[O-])c2C1=O. The van der Waals surface area contributed by atoms with Gasteiger partial charge in [0.1, 0.15) is 12.1 Å². The van der Waals surface area contributed by atoms with Crippen LogP contribution in [-0.2, 0) is 14.3 Å². The number of benzene rings is 2. The molecule has 1 aliphatic heterocycles. The number of nitrogens with one attached hydrogen (secondary N) is 1. The molecule has 0 aromatic heterocycles. The monoisotopic (exact) mass is 411 g/mol. The van der Waals surface area contributed by atoms with Crippen LogP contribution < -0.4 is 5.32 Å². The molecule has 0 saturated carbocycles. The molecule has 0 atom stereocenters. The summed E-state index contributed by atoms with van der Waals surface area (Å²) in [5.41, 5.74) is 1.23. The third-order valence-electron chi connectivity index (χ3n) is 4.57. The first kappa shape index (κ1) is 20.6. The van der Waals surface area contributed by atoms with Crippen LogP contribution in [0.2, 0.25) is 0 Å². The van der Waals surface area contributed by atoms with E-state index in [1.54, 1.807) is 0 Å². The molecule has 0 spiro atoms. The first-order valence-corrected chi connectivity index (χ1v) is 8.86. The summed E-state index contributed by atoms with van der Waals surface area (Å²) in [7, 11) is 0. The van der Waals surface area contributed by atoms with E-state index in [0.29, 0.717) is 10.6 Å². The summed E-state index contributed by atoms with van der Waals surface area (Å²) >= 11 is 0. The van der Waals surface area contributed by atoms with E-state index >= 15 is 0 Å². The van der Waals surface area contributed by atoms with Crippen molar-refractivity contribution < 1.29 is 28.8 Å². The topological polar surface area (TPSA) is 136 Å². The fraction of sp³-hybridized carbons (Fsp3) is 0.200. The van der Waals surface area contributed by atoms with E-state index in [9.17, 15) is 29.3 Å². The van der Waals surface area contributed by atoms with Gasteiger partial charge in [-0.2, -0.15) is 0 Å². The molecule has 1 aliphatic rings. The lowest BCUT2D eigenvalue weighted by Crippen LogP contribution is -2.36. The van der Waals surface area contributed by atoms with Gasteiger partial charge in [0.25, 0.3) is 23.4 Å². The molecule has 2 aromatic rings. The number of carbonyl (C=O) groups excluding carboxylic acids is 4. The maximum Gasteiger partial charge on any atom is 0.326 e. The number of nitro benzene ring substituents is 1. The minimum Gasteiger partial charge on any atom is -0.454 e. The van der Waals surface area contributed by atoms with Crippen molar-refractivity contribution in [1.82, 2.24) is 4.90 Å². The van der Waals surface area contributed by atoms with Crippen LogP contribution in [0, 0.1) is 24.0 Å². The fourth-order valence-corrected chi connectivity index (χ4v) is 3.12. The van der Waals surface area contributed by atoms with Crippen molar-refractivity contribution >= 4 is 35.1 Å². The van der Waals surface area contributed by atoms with E-state index in [-0.39, 0.29) is 11.1 Å². The van der Waals surface area contributed by atoms with Gasteiger partial charge in [0.2, 0.25) is 0 Å². The van der Waals surface area contributed by atoms with Gasteiger partial charge < -0.3 is 10.1 Å². The summed E-state index contributed by atoms with van der Waals surface area (Å²) in [5, 5.41) is 13.7. The Hall–Kier alpha value is -4.08. The number of hydrogen-bond acceptors (Lipinski definition) is 7. The molecule has 0 saturated heterocycles. The van der Waals surface area contributed by atoms with E-state index in [4.69, 9.17) is 4.74 Å². The number of fused-ring (bicyclic) bond motifs is 1. The van der Waals surface area contributed by atoms with Crippen LogP contribution in [0.25, 0.3) is 0 Å². The highest BCUT2D eigenvalue weighted by atomic mass is 16.6. The first-order chi connectivity index (χ1) is 14.2. The van der Waals surface area contributed by atoms with Gasteiger partial charge in [0.05, 0.1) is 10.5 Å². The second-order valence-corrected chi connectivity index (χ2v) is 6.63. The van der Waals surface area contributed by atoms with Gasteiger partial charge in [0.15, 0.2) is 6.61 Å². The van der Waals surface area contributed by atoms with Gasteiger partial charge in [-0.05, 0) is 31.0 Å². The number of nitrogens with zero attached hydrogens (tertiary/aromatic N) is 2. The Kier molecular flexibility index (Phi) is 5.58. The lowest BCUT2D eigenvalue weighted by Gasteiger charge is -2.14. The van der Waals surface area contributed by atoms with Gasteiger partial charge in [0, 0.05) is 11.8 Å². The normalized spacial score (nSPS) is 12.5. The molecule has 1 N–H and O–H groups in total. The van der Waals surface area contributed by atoms with Gasteiger partial charge in [-0.15, -0.1) is 0 Å². The summed E-state index contributed by atoms with van der Waals surface area (Å²) in [6.45, 7) is 2.25. The Labute approximate surface area is 170 Å². The average molecular weight is 411 g/mol. The number of nitro groups is 1. The molecule has 3 amide bonds. The highest BCUT2D eigenvalue weighted by Crippen LogP contribution is 2.30. The Bertz CT molecular complexity index is 1070. The van der Waals surface area contributed by atoms with Gasteiger partial charge in [-0.25, -0.2) is 0 Å². The summed E-state index contributed by atoms with van der Waals surface area (Å²) in [6, 6.07) is 9.12. The first-order valence-electron chi connectivity index (χ1n) is 8.86. The molecule has 1 heterocycles. The number of imide groups is 1. The van der Waals surface area contributed by atoms with E-state index in [2.05, 4.69) is 5.32 Å². The summed E-state index contributed by atoms with van der Waals surface area (Å²) in [6.07, 6.45) is 0. The number of rotatable bonds is 6. The van der Waals surface area contributed by atoms with E-state index in [0.717, 1.165) is 17.2 Å². The van der Waals surface area contributed by atoms with Crippen LogP contribution in [-0.4, -0.2) is 46.7 Å². The molecular formula is C20H17N3O7. The van der Waals surface area contributed by atoms with Crippen LogP contribution in [0.3, 0.4) is 0 Å². The molecular weight excluding hydrogens is 394 g/mol. The van der Waals surface area contributed by atoms with Gasteiger partial charge in [-0.3, -0.25) is 34.2 Å². The molecule has 0 bridgehead atoms. The molecule has 2 aromatic carbocycles. The second kappa shape index (κ2) is 8.11. The average Bonchev–Trinajstić information content (AvgIpc) is 2.94. The van der Waals surface area contributed by atoms with Crippen LogP contribution in [0.4, 0.5) is 11.4 Å². The molecule has 0 aliphatic carbocycles. The summed E-state index contributed by atoms with van der Waals surface area (Å²) in [4.78, 5) is 59.8. The van der Waals surface area contributed by atoms with Crippen LogP contribution in [0.1, 0.15) is 31.8 Å². The molecule has 0 fully saturated rings. The molecule has 30 heavy (non-hydrogen) atoms. The van der Waals surface area contributed by atoms with Crippen LogP contribution >= 0.6 is 0 Å². The largest absolute Gasteiger partial charge is 0.454 e. The van der Waals surface area contributed by atoms with Crippen molar-refractivity contribution in [3.05, 3.63) is 68.8 Å². The minimum atomic E-state index is -0.996. The van der Waals surface area contributed by atoms with Crippen molar-refractivity contribution in [2.24, 2.45) is 0 Å². The summed E-state index contributed by atoms with van der Waals surface area (Å²) < 4.78 is 4.86. The van der Waals surface area contributed by atoms with Gasteiger partial charge >= 0.3 is 5.97 Å². The van der Waals surface area contributed by atoms with Crippen molar-refractivity contribution in [3.63, 3.8) is 0 Å². The highest BCUT2D eigenvalue weighted by molar-refractivity contribution is 6.24. The zero-order valence-electron chi connectivity index (χ0n) is 16.1. The predicted octanol–water partition coefficient (Wildman–Crippen LogP) is 1.99. The standard InChI is InChI=1S/C20H17N3O7/c1-11-5-3-6-12(2)18(11)21-15(24)10-30-16(25)9-22-19(26)13-7-4-8-14(23(28)29)17(13)20(22)27/h3-8H,9-10H2,1-2H3,(H,21,24). The van der Waals surface area contributed by atoms with E-state index < -0.39 is 47.5 Å². The number of aryl methyl sites for hydroxylation is 2. The molecule has 10 heteroatoms. The Morgan fingerprint density at radius 3 is 2.33 bits per heavy atom. The van der Waals surface area contributed by atoms with Crippen molar-refractivity contribution in [2.75, 3.05) is 18.5 Å². The number of para-hydroxylation sites is 1. The zero-order chi connectivity index (χ0) is 22.0. The third-order valence-corrected chi connectivity index (χ3v) is 4.57. The molecule has 3 rings (SSSR count). The zero-order valence-corrected chi connectivity index (χ0v) is 16.1. The number of carbonyl (C=O) groups is 4. The molecule has 154 valence electrons. The Balaban J connectivity index is 1.62. The summed E-state index contributed by atoms with van der Waals surface area (Å²) in [5.74, 6) is -3.38. The number of hydrogen-bond donors (Lipinski definition) is 1. The number of anilines is 1. The van der Waals surface area contributed by atoms with E-state index in [1.807, 2.05) is 32.0 Å². The van der Waals surface area contributed by atoms with Crippen molar-refractivity contribution in [1.29, 1.82) is 0 Å². The lowest BCUT2D eigenvalue weighted by molar-refractivity contribution is -0.385. The number of ether oxygens (including phenoxy) is 1. The number of amides is 3. The van der Waals surface area contributed by atoms with Crippen LogP contribution in [0.15, 0.2) is 36.4 Å². The van der Waals surface area contributed by atoms with Gasteiger partial charge in [-0.1, -0.05) is 24.3 Å². The Morgan fingerprint density at radius 1 is 1.07 bits per heavy atom. The maximum absolute atomic E-state index is 12.4. The maximum atomic E-state index is 12.4. The third kappa shape index (κ3) is 3.88. The highest BCUT2D eigenvalue weighted by Gasteiger charge is 2.41. The second-order valence-electron chi connectivity index (χ2n) is 6.63. The predicted molar refractivity (Wildman–Crippen MR) is 104 cm³/mol.